The number of carbonyl (C=O) groups excluding carboxylic acids is 1. The number of hydrogen-bond donors (Lipinski definition) is 1. The first-order valence-electron chi connectivity index (χ1n) is 6.63. The van der Waals surface area contributed by atoms with Gasteiger partial charge in [0.15, 0.2) is 0 Å². The summed E-state index contributed by atoms with van der Waals surface area (Å²) in [7, 11) is 1.65. The summed E-state index contributed by atoms with van der Waals surface area (Å²) in [5, 5.41) is 0. The van der Waals surface area contributed by atoms with E-state index in [-0.39, 0.29) is 18.0 Å². The average molecular weight is 244 g/mol. The highest BCUT2D eigenvalue weighted by molar-refractivity contribution is 5.81. The van der Waals surface area contributed by atoms with Crippen LogP contribution in [0.4, 0.5) is 0 Å². The van der Waals surface area contributed by atoms with Crippen LogP contribution in [0.1, 0.15) is 46.5 Å². The number of ether oxygens (including phenoxy) is 1. The van der Waals surface area contributed by atoms with Crippen molar-refractivity contribution in [3.63, 3.8) is 0 Å². The first-order valence-corrected chi connectivity index (χ1v) is 6.63. The van der Waals surface area contributed by atoms with E-state index in [0.29, 0.717) is 13.2 Å². The van der Waals surface area contributed by atoms with Gasteiger partial charge in [0.1, 0.15) is 0 Å². The summed E-state index contributed by atoms with van der Waals surface area (Å²) in [5.74, 6) is 0.0600. The molecule has 102 valence electrons. The van der Waals surface area contributed by atoms with Gasteiger partial charge in [-0.25, -0.2) is 0 Å². The SMILES string of the molecule is CCCCC(N)C(=O)N(CCOC)C(C)CC. The minimum atomic E-state index is -0.360. The third-order valence-corrected chi connectivity index (χ3v) is 3.13. The van der Waals surface area contributed by atoms with Crippen LogP contribution in [0, 0.1) is 0 Å². The van der Waals surface area contributed by atoms with Gasteiger partial charge in [-0.2, -0.15) is 0 Å². The zero-order valence-corrected chi connectivity index (χ0v) is 11.7. The number of hydrogen-bond acceptors (Lipinski definition) is 3. The molecule has 0 aromatic heterocycles. The Labute approximate surface area is 105 Å². The Balaban J connectivity index is 4.39. The van der Waals surface area contributed by atoms with Gasteiger partial charge in [0.2, 0.25) is 5.91 Å². The molecule has 0 aliphatic rings. The van der Waals surface area contributed by atoms with E-state index in [1.807, 2.05) is 4.90 Å². The normalized spacial score (nSPS) is 14.4. The molecular weight excluding hydrogens is 216 g/mol. The molecule has 1 amide bonds. The molecule has 2 N–H and O–H groups in total. The van der Waals surface area contributed by atoms with Crippen LogP contribution in [0.15, 0.2) is 0 Å². The highest BCUT2D eigenvalue weighted by Crippen LogP contribution is 2.08. The predicted octanol–water partition coefficient (Wildman–Crippen LogP) is 1.78. The molecule has 0 radical (unpaired) electrons. The molecule has 2 atom stereocenters. The van der Waals surface area contributed by atoms with Crippen LogP contribution in [0.5, 0.6) is 0 Å². The molecule has 0 saturated heterocycles. The number of unbranched alkanes of at least 4 members (excludes halogenated alkanes) is 1. The number of nitrogens with two attached hydrogens (primary N) is 1. The number of methoxy groups -OCH3 is 1. The number of amides is 1. The lowest BCUT2D eigenvalue weighted by molar-refractivity contribution is -0.135. The van der Waals surface area contributed by atoms with Crippen molar-refractivity contribution >= 4 is 5.91 Å². The highest BCUT2D eigenvalue weighted by Gasteiger charge is 2.23. The second kappa shape index (κ2) is 9.42. The van der Waals surface area contributed by atoms with E-state index >= 15 is 0 Å². The lowest BCUT2D eigenvalue weighted by atomic mass is 10.1. The average Bonchev–Trinajstić information content (AvgIpc) is 2.35. The fraction of sp³-hybridized carbons (Fsp3) is 0.923. The Kier molecular flexibility index (Phi) is 9.09. The third kappa shape index (κ3) is 6.03. The van der Waals surface area contributed by atoms with E-state index in [1.165, 1.54) is 0 Å². The number of carbonyl (C=O) groups is 1. The zero-order valence-electron chi connectivity index (χ0n) is 11.7. The molecule has 0 aliphatic carbocycles. The minimum Gasteiger partial charge on any atom is -0.383 e. The van der Waals surface area contributed by atoms with Crippen molar-refractivity contribution < 1.29 is 9.53 Å². The van der Waals surface area contributed by atoms with E-state index in [4.69, 9.17) is 10.5 Å². The second-order valence-corrected chi connectivity index (χ2v) is 4.53. The largest absolute Gasteiger partial charge is 0.383 e. The van der Waals surface area contributed by atoms with Gasteiger partial charge < -0.3 is 15.4 Å². The summed E-state index contributed by atoms with van der Waals surface area (Å²) in [6.45, 7) is 7.44. The van der Waals surface area contributed by atoms with Gasteiger partial charge in [0.25, 0.3) is 0 Å². The molecule has 0 bridgehead atoms. The first-order chi connectivity index (χ1) is 8.08. The van der Waals surface area contributed by atoms with Crippen molar-refractivity contribution in [1.29, 1.82) is 0 Å². The third-order valence-electron chi connectivity index (χ3n) is 3.13. The maximum atomic E-state index is 12.2. The molecule has 4 heteroatoms. The first kappa shape index (κ1) is 16.4. The fourth-order valence-corrected chi connectivity index (χ4v) is 1.72. The molecule has 0 fully saturated rings. The molecule has 17 heavy (non-hydrogen) atoms. The molecule has 0 rings (SSSR count). The number of nitrogens with zero attached hydrogens (tertiary/aromatic N) is 1. The van der Waals surface area contributed by atoms with Crippen molar-refractivity contribution in [2.75, 3.05) is 20.3 Å². The van der Waals surface area contributed by atoms with Gasteiger partial charge in [-0.15, -0.1) is 0 Å². The van der Waals surface area contributed by atoms with Crippen LogP contribution in [-0.4, -0.2) is 43.2 Å². The zero-order chi connectivity index (χ0) is 13.3. The van der Waals surface area contributed by atoms with Gasteiger partial charge in [-0.1, -0.05) is 26.7 Å². The van der Waals surface area contributed by atoms with Crippen molar-refractivity contribution in [3.8, 4) is 0 Å². The lowest BCUT2D eigenvalue weighted by Gasteiger charge is -2.30. The Morgan fingerprint density at radius 1 is 1.41 bits per heavy atom. The Hall–Kier alpha value is -0.610. The molecule has 0 aromatic rings. The van der Waals surface area contributed by atoms with Crippen molar-refractivity contribution in [3.05, 3.63) is 0 Å². The topological polar surface area (TPSA) is 55.6 Å². The Morgan fingerprint density at radius 3 is 2.53 bits per heavy atom. The van der Waals surface area contributed by atoms with Crippen LogP contribution in [0.25, 0.3) is 0 Å². The smallest absolute Gasteiger partial charge is 0.239 e. The maximum absolute atomic E-state index is 12.2. The summed E-state index contributed by atoms with van der Waals surface area (Å²) in [5.41, 5.74) is 5.94. The Morgan fingerprint density at radius 2 is 2.06 bits per heavy atom. The highest BCUT2D eigenvalue weighted by atomic mass is 16.5. The Bertz CT molecular complexity index is 210. The minimum absolute atomic E-state index is 0.0600. The quantitative estimate of drug-likeness (QED) is 0.672. The number of rotatable bonds is 9. The molecule has 0 aromatic carbocycles. The van der Waals surface area contributed by atoms with Crippen LogP contribution in [-0.2, 0) is 9.53 Å². The van der Waals surface area contributed by atoms with Crippen LogP contribution >= 0.6 is 0 Å². The van der Waals surface area contributed by atoms with Gasteiger partial charge in [-0.05, 0) is 19.8 Å². The van der Waals surface area contributed by atoms with E-state index in [9.17, 15) is 4.79 Å². The molecule has 2 unspecified atom stereocenters. The second-order valence-electron chi connectivity index (χ2n) is 4.53. The predicted molar refractivity (Wildman–Crippen MR) is 70.8 cm³/mol. The van der Waals surface area contributed by atoms with Crippen molar-refractivity contribution in [1.82, 2.24) is 4.90 Å². The van der Waals surface area contributed by atoms with Crippen LogP contribution in [0.2, 0.25) is 0 Å². The van der Waals surface area contributed by atoms with Crippen molar-refractivity contribution in [2.45, 2.75) is 58.5 Å². The van der Waals surface area contributed by atoms with Gasteiger partial charge in [0, 0.05) is 19.7 Å². The van der Waals surface area contributed by atoms with E-state index in [1.54, 1.807) is 7.11 Å². The van der Waals surface area contributed by atoms with Gasteiger partial charge in [-0.3, -0.25) is 4.79 Å². The fourth-order valence-electron chi connectivity index (χ4n) is 1.72. The van der Waals surface area contributed by atoms with E-state index in [2.05, 4.69) is 20.8 Å². The monoisotopic (exact) mass is 244 g/mol. The van der Waals surface area contributed by atoms with Gasteiger partial charge >= 0.3 is 0 Å². The molecular formula is C13H28N2O2. The van der Waals surface area contributed by atoms with E-state index < -0.39 is 0 Å². The molecule has 0 aliphatic heterocycles. The summed E-state index contributed by atoms with van der Waals surface area (Å²) in [6.07, 6.45) is 3.79. The van der Waals surface area contributed by atoms with Gasteiger partial charge in [0.05, 0.1) is 12.6 Å². The van der Waals surface area contributed by atoms with E-state index in [0.717, 1.165) is 25.7 Å². The lowest BCUT2D eigenvalue weighted by Crippen LogP contribution is -2.48. The summed E-state index contributed by atoms with van der Waals surface area (Å²) in [6, 6.07) is -0.133. The maximum Gasteiger partial charge on any atom is 0.239 e. The van der Waals surface area contributed by atoms with Crippen LogP contribution < -0.4 is 5.73 Å². The summed E-state index contributed by atoms with van der Waals surface area (Å²) in [4.78, 5) is 14.1. The summed E-state index contributed by atoms with van der Waals surface area (Å²) >= 11 is 0. The molecule has 0 heterocycles. The molecule has 0 saturated carbocycles. The molecule has 4 nitrogen and oxygen atoms in total. The molecule has 0 spiro atoms. The van der Waals surface area contributed by atoms with Crippen LogP contribution in [0.3, 0.4) is 0 Å². The standard InChI is InChI=1S/C13H28N2O2/c1-5-7-8-12(14)13(16)15(9-10-17-4)11(3)6-2/h11-12H,5-10,14H2,1-4H3. The van der Waals surface area contributed by atoms with Crippen molar-refractivity contribution in [2.24, 2.45) is 5.73 Å². The summed E-state index contributed by atoms with van der Waals surface area (Å²) < 4.78 is 5.04.